The molecule has 0 fully saturated rings. The Balaban J connectivity index is 1.79. The first-order valence-electron chi connectivity index (χ1n) is 6.64. The molecule has 2 rings (SSSR count). The summed E-state index contributed by atoms with van der Waals surface area (Å²) >= 11 is 0. The average molecular weight is 272 g/mol. The van der Waals surface area contributed by atoms with Gasteiger partial charge in [0, 0.05) is 0 Å². The molecule has 2 nitrogen and oxygen atoms in total. The molecule has 0 N–H and O–H groups in total. The van der Waals surface area contributed by atoms with E-state index in [9.17, 15) is 9.18 Å². The summed E-state index contributed by atoms with van der Waals surface area (Å²) in [5.74, 6) is -0.716. The third-order valence-corrected chi connectivity index (χ3v) is 3.08. The Hall–Kier alpha value is -2.16. The van der Waals surface area contributed by atoms with E-state index in [-0.39, 0.29) is 5.82 Å². The predicted molar refractivity (Wildman–Crippen MR) is 76.2 cm³/mol. The minimum atomic E-state index is -0.402. The van der Waals surface area contributed by atoms with Crippen LogP contribution < -0.4 is 0 Å². The Morgan fingerprint density at radius 1 is 1.15 bits per heavy atom. The minimum Gasteiger partial charge on any atom is -0.462 e. The monoisotopic (exact) mass is 272 g/mol. The van der Waals surface area contributed by atoms with Crippen molar-refractivity contribution in [3.63, 3.8) is 0 Å². The molecule has 3 heteroatoms. The minimum absolute atomic E-state index is 0.314. The zero-order valence-electron chi connectivity index (χ0n) is 11.4. The second kappa shape index (κ2) is 6.85. The van der Waals surface area contributed by atoms with Gasteiger partial charge in [-0.05, 0) is 49.1 Å². The molecule has 0 spiro atoms. The maximum atomic E-state index is 13.1. The fraction of sp³-hybridized carbons (Fsp3) is 0.235. The molecular weight excluding hydrogens is 255 g/mol. The smallest absolute Gasteiger partial charge is 0.338 e. The van der Waals surface area contributed by atoms with E-state index in [4.69, 9.17) is 4.74 Å². The van der Waals surface area contributed by atoms with Gasteiger partial charge in [0.15, 0.2) is 0 Å². The number of esters is 1. The van der Waals surface area contributed by atoms with Crippen LogP contribution in [0.1, 0.15) is 27.9 Å². The molecule has 0 bridgehead atoms. The maximum Gasteiger partial charge on any atom is 0.338 e. The quantitative estimate of drug-likeness (QED) is 0.609. The summed E-state index contributed by atoms with van der Waals surface area (Å²) in [4.78, 5) is 11.8. The number of hydrogen-bond acceptors (Lipinski definition) is 2. The lowest BCUT2D eigenvalue weighted by Crippen LogP contribution is -2.07. The Labute approximate surface area is 118 Å². The second-order valence-corrected chi connectivity index (χ2v) is 4.69. The average Bonchev–Trinajstić information content (AvgIpc) is 2.47. The van der Waals surface area contributed by atoms with Crippen molar-refractivity contribution < 1.29 is 13.9 Å². The van der Waals surface area contributed by atoms with Crippen molar-refractivity contribution in [2.24, 2.45) is 0 Å². The molecule has 0 atom stereocenters. The zero-order valence-corrected chi connectivity index (χ0v) is 11.4. The van der Waals surface area contributed by atoms with Crippen LogP contribution in [0.3, 0.4) is 0 Å². The van der Waals surface area contributed by atoms with E-state index in [0.29, 0.717) is 17.7 Å². The lowest BCUT2D eigenvalue weighted by molar-refractivity contribution is 0.0500. The van der Waals surface area contributed by atoms with E-state index < -0.39 is 5.97 Å². The fourth-order valence-electron chi connectivity index (χ4n) is 1.94. The van der Waals surface area contributed by atoms with Crippen LogP contribution in [0.25, 0.3) is 0 Å². The summed E-state index contributed by atoms with van der Waals surface area (Å²) in [5.41, 5.74) is 2.06. The van der Waals surface area contributed by atoms with Crippen LogP contribution in [0.15, 0.2) is 48.5 Å². The van der Waals surface area contributed by atoms with Crippen LogP contribution in [-0.4, -0.2) is 12.6 Å². The van der Waals surface area contributed by atoms with E-state index in [1.54, 1.807) is 6.92 Å². The molecule has 0 aliphatic heterocycles. The molecule has 0 saturated carbocycles. The van der Waals surface area contributed by atoms with Crippen molar-refractivity contribution in [1.82, 2.24) is 0 Å². The highest BCUT2D eigenvalue weighted by atomic mass is 19.1. The Kier molecular flexibility index (Phi) is 4.88. The number of aryl methyl sites for hydroxylation is 2. The van der Waals surface area contributed by atoms with E-state index in [1.165, 1.54) is 23.8 Å². The molecule has 0 amide bonds. The fourth-order valence-corrected chi connectivity index (χ4v) is 1.94. The predicted octanol–water partition coefficient (Wildman–Crippen LogP) is 3.92. The van der Waals surface area contributed by atoms with Gasteiger partial charge >= 0.3 is 5.97 Å². The maximum absolute atomic E-state index is 13.1. The van der Waals surface area contributed by atoms with Gasteiger partial charge in [0.1, 0.15) is 5.82 Å². The second-order valence-electron chi connectivity index (χ2n) is 4.69. The summed E-state index contributed by atoms with van der Waals surface area (Å²) in [5, 5.41) is 0. The van der Waals surface area contributed by atoms with Crippen LogP contribution in [0.4, 0.5) is 4.39 Å². The number of hydrogen-bond donors (Lipinski definition) is 0. The molecule has 104 valence electrons. The van der Waals surface area contributed by atoms with Gasteiger partial charge in [-0.1, -0.05) is 30.3 Å². The Morgan fingerprint density at radius 3 is 2.60 bits per heavy atom. The van der Waals surface area contributed by atoms with Gasteiger partial charge in [-0.15, -0.1) is 0 Å². The molecule has 0 heterocycles. The molecule has 0 aromatic heterocycles. The molecule has 2 aromatic rings. The van der Waals surface area contributed by atoms with Gasteiger partial charge in [0.05, 0.1) is 12.2 Å². The molecule has 0 saturated heterocycles. The van der Waals surface area contributed by atoms with E-state index in [2.05, 4.69) is 0 Å². The number of ether oxygens (including phenoxy) is 1. The van der Waals surface area contributed by atoms with Gasteiger partial charge in [0.25, 0.3) is 0 Å². The van der Waals surface area contributed by atoms with Crippen molar-refractivity contribution in [3.05, 3.63) is 71.0 Å². The molecule has 0 radical (unpaired) electrons. The molecule has 20 heavy (non-hydrogen) atoms. The normalized spacial score (nSPS) is 10.3. The molecule has 0 unspecified atom stereocenters. The summed E-state index contributed by atoms with van der Waals surface area (Å²) in [6, 6.07) is 14.3. The largest absolute Gasteiger partial charge is 0.462 e. The zero-order chi connectivity index (χ0) is 14.4. The molecule has 2 aromatic carbocycles. The first-order valence-corrected chi connectivity index (χ1v) is 6.64. The summed E-state index contributed by atoms with van der Waals surface area (Å²) in [6.07, 6.45) is 1.65. The third kappa shape index (κ3) is 3.92. The van der Waals surface area contributed by atoms with Crippen molar-refractivity contribution in [1.29, 1.82) is 0 Å². The van der Waals surface area contributed by atoms with Crippen molar-refractivity contribution in [2.75, 3.05) is 6.61 Å². The number of benzene rings is 2. The Bertz CT molecular complexity index is 579. The summed E-state index contributed by atoms with van der Waals surface area (Å²) in [7, 11) is 0. The first kappa shape index (κ1) is 14.3. The van der Waals surface area contributed by atoms with E-state index >= 15 is 0 Å². The topological polar surface area (TPSA) is 26.3 Å². The van der Waals surface area contributed by atoms with Crippen molar-refractivity contribution in [3.8, 4) is 0 Å². The lowest BCUT2D eigenvalue weighted by atomic mass is 10.1. The van der Waals surface area contributed by atoms with Crippen LogP contribution in [0, 0.1) is 12.7 Å². The summed E-state index contributed by atoms with van der Waals surface area (Å²) in [6.45, 7) is 1.99. The SMILES string of the molecule is Cc1cc(C(=O)OCCCc2ccccc2)ccc1F. The highest BCUT2D eigenvalue weighted by Gasteiger charge is 2.08. The first-order chi connectivity index (χ1) is 9.66. The van der Waals surface area contributed by atoms with E-state index in [1.807, 2.05) is 30.3 Å². The van der Waals surface area contributed by atoms with Gasteiger partial charge in [-0.2, -0.15) is 0 Å². The van der Waals surface area contributed by atoms with Crippen molar-refractivity contribution in [2.45, 2.75) is 19.8 Å². The molecule has 0 aliphatic carbocycles. The number of halogens is 1. The van der Waals surface area contributed by atoms with Crippen LogP contribution >= 0.6 is 0 Å². The number of carbonyl (C=O) groups is 1. The number of rotatable bonds is 5. The lowest BCUT2D eigenvalue weighted by Gasteiger charge is -2.06. The van der Waals surface area contributed by atoms with Gasteiger partial charge in [0.2, 0.25) is 0 Å². The highest BCUT2D eigenvalue weighted by molar-refractivity contribution is 5.89. The number of carbonyl (C=O) groups excluding carboxylic acids is 1. The molecule has 0 aliphatic rings. The van der Waals surface area contributed by atoms with Gasteiger partial charge in [-0.3, -0.25) is 0 Å². The third-order valence-electron chi connectivity index (χ3n) is 3.08. The van der Waals surface area contributed by atoms with Crippen LogP contribution in [0.5, 0.6) is 0 Å². The molecular formula is C17H17FO2. The van der Waals surface area contributed by atoms with Crippen LogP contribution in [-0.2, 0) is 11.2 Å². The van der Waals surface area contributed by atoms with Crippen LogP contribution in [0.2, 0.25) is 0 Å². The Morgan fingerprint density at radius 2 is 1.90 bits per heavy atom. The van der Waals surface area contributed by atoms with Crippen molar-refractivity contribution >= 4 is 5.97 Å². The highest BCUT2D eigenvalue weighted by Crippen LogP contribution is 2.11. The standard InChI is InChI=1S/C17H17FO2/c1-13-12-15(9-10-16(13)18)17(19)20-11-5-8-14-6-3-2-4-7-14/h2-4,6-7,9-10,12H,5,8,11H2,1H3. The summed E-state index contributed by atoms with van der Waals surface area (Å²) < 4.78 is 18.3. The van der Waals surface area contributed by atoms with Gasteiger partial charge in [-0.25, -0.2) is 9.18 Å². The van der Waals surface area contributed by atoms with Gasteiger partial charge < -0.3 is 4.74 Å². The van der Waals surface area contributed by atoms with E-state index in [0.717, 1.165) is 12.8 Å².